The van der Waals surface area contributed by atoms with Crippen molar-refractivity contribution in [2.45, 2.75) is 39.0 Å². The minimum Gasteiger partial charge on any atom is -0.380 e. The second-order valence-corrected chi connectivity index (χ2v) is 6.10. The van der Waals surface area contributed by atoms with Crippen molar-refractivity contribution in [3.8, 4) is 0 Å². The Morgan fingerprint density at radius 2 is 2.25 bits per heavy atom. The van der Waals surface area contributed by atoms with Crippen molar-refractivity contribution in [3.63, 3.8) is 0 Å². The van der Waals surface area contributed by atoms with Crippen LogP contribution in [0.4, 0.5) is 0 Å². The normalized spacial score (nSPS) is 20.5. The largest absolute Gasteiger partial charge is 0.380 e. The highest BCUT2D eigenvalue weighted by molar-refractivity contribution is 5.76. The van der Waals surface area contributed by atoms with Crippen LogP contribution >= 0.6 is 0 Å². The maximum absolute atomic E-state index is 12.7. The third-order valence-electron chi connectivity index (χ3n) is 4.29. The van der Waals surface area contributed by atoms with Crippen LogP contribution in [0.15, 0.2) is 23.1 Å². The number of nitrogens with zero attached hydrogens (tertiary/aromatic N) is 4. The molecule has 128 valence electrons. The predicted molar refractivity (Wildman–Crippen MR) is 86.4 cm³/mol. The van der Waals surface area contributed by atoms with Crippen molar-refractivity contribution in [1.29, 1.82) is 0 Å². The van der Waals surface area contributed by atoms with E-state index in [1.807, 2.05) is 19.9 Å². The Bertz CT molecular complexity index is 797. The number of ether oxygens (including phenoxy) is 1. The third-order valence-corrected chi connectivity index (χ3v) is 4.29. The molecule has 3 rings (SSSR count). The monoisotopic (exact) mass is 331 g/mol. The molecule has 3 heterocycles. The van der Waals surface area contributed by atoms with Crippen LogP contribution < -0.4 is 5.56 Å². The van der Waals surface area contributed by atoms with E-state index in [0.717, 1.165) is 5.56 Å². The fourth-order valence-corrected chi connectivity index (χ4v) is 2.97. The summed E-state index contributed by atoms with van der Waals surface area (Å²) in [5.74, 6) is 1.14. The molecule has 0 spiro atoms. The van der Waals surface area contributed by atoms with Crippen LogP contribution in [0.5, 0.6) is 0 Å². The molecule has 1 aliphatic heterocycles. The second kappa shape index (κ2) is 6.56. The molecule has 0 radical (unpaired) electrons. The molecule has 0 aliphatic carbocycles. The number of hydrogen-bond donors (Lipinski definition) is 1. The van der Waals surface area contributed by atoms with Crippen molar-refractivity contribution in [1.82, 2.24) is 24.6 Å². The number of hydrogen-bond acceptors (Lipinski definition) is 5. The molecule has 1 saturated heterocycles. The summed E-state index contributed by atoms with van der Waals surface area (Å²) >= 11 is 0. The number of likely N-dealkylation sites (tertiary alicyclic amines) is 1. The van der Waals surface area contributed by atoms with Crippen LogP contribution in [0.1, 0.15) is 29.7 Å². The van der Waals surface area contributed by atoms with E-state index in [9.17, 15) is 9.59 Å². The highest BCUT2D eigenvalue weighted by Gasteiger charge is 2.38. The molecule has 2 aromatic heterocycles. The Hall–Kier alpha value is -2.48. The molecular weight excluding hydrogens is 310 g/mol. The maximum Gasteiger partial charge on any atom is 0.251 e. The van der Waals surface area contributed by atoms with Crippen LogP contribution in [0.25, 0.3) is 0 Å². The molecule has 0 unspecified atom stereocenters. The lowest BCUT2D eigenvalue weighted by atomic mass is 10.2. The zero-order chi connectivity index (χ0) is 17.3. The lowest BCUT2D eigenvalue weighted by molar-refractivity contribution is -0.133. The van der Waals surface area contributed by atoms with Gasteiger partial charge in [0.15, 0.2) is 5.82 Å². The fraction of sp³-hybridized carbons (Fsp3) is 0.500. The molecule has 2 atom stereocenters. The van der Waals surface area contributed by atoms with Crippen LogP contribution in [-0.4, -0.2) is 50.3 Å². The summed E-state index contributed by atoms with van der Waals surface area (Å²) in [6.07, 6.45) is 2.22. The van der Waals surface area contributed by atoms with Gasteiger partial charge in [-0.25, -0.2) is 4.98 Å². The highest BCUT2D eigenvalue weighted by Crippen LogP contribution is 2.31. The van der Waals surface area contributed by atoms with Gasteiger partial charge in [0.05, 0.1) is 12.1 Å². The lowest BCUT2D eigenvalue weighted by Crippen LogP contribution is -2.37. The van der Waals surface area contributed by atoms with Crippen LogP contribution in [0.2, 0.25) is 0 Å². The Labute approximate surface area is 139 Å². The van der Waals surface area contributed by atoms with Gasteiger partial charge in [-0.1, -0.05) is 0 Å². The quantitative estimate of drug-likeness (QED) is 0.884. The van der Waals surface area contributed by atoms with Crippen molar-refractivity contribution in [2.24, 2.45) is 0 Å². The first kappa shape index (κ1) is 16.4. The number of pyridine rings is 1. The number of carbonyl (C=O) groups is 1. The van der Waals surface area contributed by atoms with Gasteiger partial charge >= 0.3 is 0 Å². The Morgan fingerprint density at radius 1 is 1.46 bits per heavy atom. The van der Waals surface area contributed by atoms with E-state index in [-0.39, 0.29) is 30.2 Å². The number of nitrogens with one attached hydrogen (secondary N) is 1. The van der Waals surface area contributed by atoms with E-state index in [4.69, 9.17) is 4.74 Å². The van der Waals surface area contributed by atoms with Crippen LogP contribution in [-0.2, 0) is 16.1 Å². The first-order chi connectivity index (χ1) is 11.5. The first-order valence-electron chi connectivity index (χ1n) is 7.86. The standard InChI is InChI=1S/C16H21N5O3/c1-10-4-5-20(14(22)6-10)9-15(23)21-8-12(24-3)7-13(21)16-17-11(2)18-19-16/h4-6,12-13H,7-9H2,1-3H3,(H,17,18,19)/t12-,13+/m1/s1. The van der Waals surface area contributed by atoms with E-state index in [2.05, 4.69) is 15.2 Å². The number of carbonyl (C=O) groups excluding carboxylic acids is 1. The number of aryl methyl sites for hydroxylation is 2. The van der Waals surface area contributed by atoms with Gasteiger partial charge in [-0.05, 0) is 25.5 Å². The predicted octanol–water partition coefficient (Wildman–Crippen LogP) is 0.572. The number of H-pyrrole nitrogens is 1. The van der Waals surface area contributed by atoms with Gasteiger partial charge in [-0.15, -0.1) is 0 Å². The summed E-state index contributed by atoms with van der Waals surface area (Å²) in [4.78, 5) is 30.8. The average molecular weight is 331 g/mol. The zero-order valence-corrected chi connectivity index (χ0v) is 14.0. The minimum atomic E-state index is -0.242. The number of aromatic nitrogens is 4. The highest BCUT2D eigenvalue weighted by atomic mass is 16.5. The van der Waals surface area contributed by atoms with Gasteiger partial charge in [0.25, 0.3) is 5.56 Å². The van der Waals surface area contributed by atoms with E-state index in [1.165, 1.54) is 10.6 Å². The average Bonchev–Trinajstić information content (AvgIpc) is 3.15. The van der Waals surface area contributed by atoms with E-state index < -0.39 is 0 Å². The van der Waals surface area contributed by atoms with E-state index in [0.29, 0.717) is 24.6 Å². The number of amides is 1. The molecule has 8 heteroatoms. The first-order valence-corrected chi connectivity index (χ1v) is 7.86. The van der Waals surface area contributed by atoms with E-state index in [1.54, 1.807) is 18.2 Å². The Balaban J connectivity index is 1.82. The number of rotatable bonds is 4. The Kier molecular flexibility index (Phi) is 4.48. The van der Waals surface area contributed by atoms with Crippen LogP contribution in [0, 0.1) is 13.8 Å². The molecule has 1 amide bonds. The topological polar surface area (TPSA) is 93.1 Å². The summed E-state index contributed by atoms with van der Waals surface area (Å²) in [5, 5.41) is 6.99. The fourth-order valence-electron chi connectivity index (χ4n) is 2.97. The van der Waals surface area contributed by atoms with Gasteiger partial charge in [0, 0.05) is 32.3 Å². The molecular formula is C16H21N5O3. The summed E-state index contributed by atoms with van der Waals surface area (Å²) in [7, 11) is 1.63. The smallest absolute Gasteiger partial charge is 0.251 e. The molecule has 2 aromatic rings. The second-order valence-electron chi connectivity index (χ2n) is 6.10. The Morgan fingerprint density at radius 3 is 2.88 bits per heavy atom. The summed E-state index contributed by atoms with van der Waals surface area (Å²) < 4.78 is 6.82. The number of methoxy groups -OCH3 is 1. The van der Waals surface area contributed by atoms with Gasteiger partial charge in [0.1, 0.15) is 12.4 Å². The molecule has 1 N–H and O–H groups in total. The maximum atomic E-state index is 12.7. The SMILES string of the molecule is CO[C@@H]1C[C@@H](c2n[nH]c(C)n2)N(C(=O)Cn2ccc(C)cc2=O)C1. The zero-order valence-electron chi connectivity index (χ0n) is 14.0. The molecule has 24 heavy (non-hydrogen) atoms. The van der Waals surface area contributed by atoms with Gasteiger partial charge < -0.3 is 14.2 Å². The van der Waals surface area contributed by atoms with Gasteiger partial charge in [-0.2, -0.15) is 5.10 Å². The van der Waals surface area contributed by atoms with Crippen molar-refractivity contribution >= 4 is 5.91 Å². The molecule has 0 saturated carbocycles. The van der Waals surface area contributed by atoms with E-state index >= 15 is 0 Å². The molecule has 1 aliphatic rings. The summed E-state index contributed by atoms with van der Waals surface area (Å²) in [6, 6.07) is 3.09. The van der Waals surface area contributed by atoms with Crippen molar-refractivity contribution in [2.75, 3.05) is 13.7 Å². The minimum absolute atomic E-state index is 0.00451. The number of aromatic amines is 1. The van der Waals surface area contributed by atoms with Gasteiger partial charge in [0.2, 0.25) is 5.91 Å². The van der Waals surface area contributed by atoms with Crippen molar-refractivity contribution < 1.29 is 9.53 Å². The molecule has 1 fully saturated rings. The summed E-state index contributed by atoms with van der Waals surface area (Å²) in [5.41, 5.74) is 0.689. The third kappa shape index (κ3) is 3.23. The van der Waals surface area contributed by atoms with Crippen molar-refractivity contribution in [3.05, 3.63) is 45.9 Å². The molecule has 8 nitrogen and oxygen atoms in total. The summed E-state index contributed by atoms with van der Waals surface area (Å²) in [6.45, 7) is 4.12. The van der Waals surface area contributed by atoms with Crippen LogP contribution in [0.3, 0.4) is 0 Å². The molecule has 0 bridgehead atoms. The van der Waals surface area contributed by atoms with Gasteiger partial charge in [-0.3, -0.25) is 14.7 Å². The lowest BCUT2D eigenvalue weighted by Gasteiger charge is -2.22. The molecule has 0 aromatic carbocycles.